The average molecular weight is 300 g/mol. The Morgan fingerprint density at radius 2 is 1.57 bits per heavy atom. The number of benzene rings is 2. The summed E-state index contributed by atoms with van der Waals surface area (Å²) in [6, 6.07) is 16.7. The van der Waals surface area contributed by atoms with Crippen LogP contribution in [0.5, 0.6) is 0 Å². The topological polar surface area (TPSA) is 59.1 Å². The molecule has 2 amide bonds. The van der Waals surface area contributed by atoms with Crippen LogP contribution in [0, 0.1) is 0 Å². The molecule has 1 aliphatic heterocycles. The van der Waals surface area contributed by atoms with Crippen LogP contribution in [0.25, 0.3) is 22.6 Å². The minimum absolute atomic E-state index is 0.359. The Balaban J connectivity index is 1.95. The van der Waals surface area contributed by atoms with Crippen LogP contribution in [0.4, 0.5) is 0 Å². The first kappa shape index (κ1) is 13.4. The Kier molecular flexibility index (Phi) is 3.01. The van der Waals surface area contributed by atoms with E-state index in [1.54, 1.807) is 24.4 Å². The number of aromatic nitrogens is 1. The van der Waals surface area contributed by atoms with Crippen LogP contribution in [-0.4, -0.2) is 16.8 Å². The van der Waals surface area contributed by atoms with E-state index in [9.17, 15) is 9.59 Å². The number of hydrogen-bond donors (Lipinski definition) is 1. The molecule has 4 rings (SSSR count). The highest BCUT2D eigenvalue weighted by molar-refractivity contribution is 6.34. The zero-order valence-electron chi connectivity index (χ0n) is 12.1. The van der Waals surface area contributed by atoms with Gasteiger partial charge in [-0.25, -0.2) is 0 Å². The zero-order chi connectivity index (χ0) is 15.8. The number of rotatable bonds is 1. The summed E-state index contributed by atoms with van der Waals surface area (Å²) in [6.45, 7) is 0. The number of nitrogens with one attached hydrogen (secondary N) is 1. The van der Waals surface area contributed by atoms with Crippen LogP contribution in [0.3, 0.4) is 0 Å². The normalized spacial score (nSPS) is 15.6. The van der Waals surface area contributed by atoms with Gasteiger partial charge in [-0.1, -0.05) is 36.4 Å². The van der Waals surface area contributed by atoms with Gasteiger partial charge in [-0.3, -0.25) is 19.9 Å². The average Bonchev–Trinajstić information content (AvgIpc) is 2.59. The molecule has 2 aromatic carbocycles. The number of amides is 2. The third-order valence-corrected chi connectivity index (χ3v) is 3.92. The molecular weight excluding hydrogens is 288 g/mol. The number of para-hydroxylation sites is 1. The van der Waals surface area contributed by atoms with Gasteiger partial charge in [0.05, 0.1) is 5.52 Å². The van der Waals surface area contributed by atoms with E-state index in [-0.39, 0.29) is 11.8 Å². The van der Waals surface area contributed by atoms with Crippen molar-refractivity contribution in [1.29, 1.82) is 0 Å². The van der Waals surface area contributed by atoms with Crippen molar-refractivity contribution in [2.75, 3.05) is 0 Å². The largest absolute Gasteiger partial charge is 0.288 e. The second kappa shape index (κ2) is 5.18. The van der Waals surface area contributed by atoms with E-state index in [0.29, 0.717) is 16.7 Å². The summed E-state index contributed by atoms with van der Waals surface area (Å²) in [7, 11) is 0. The van der Waals surface area contributed by atoms with Crippen molar-refractivity contribution in [2.45, 2.75) is 0 Å². The van der Waals surface area contributed by atoms with Crippen molar-refractivity contribution >= 4 is 34.4 Å². The molecule has 0 spiro atoms. The number of fused-ring (bicyclic) bond motifs is 2. The van der Waals surface area contributed by atoms with Crippen molar-refractivity contribution in [3.63, 3.8) is 0 Å². The second-order valence-electron chi connectivity index (χ2n) is 5.30. The molecule has 4 heteroatoms. The molecule has 0 saturated carbocycles. The first-order chi connectivity index (χ1) is 11.2. The maximum absolute atomic E-state index is 12.3. The van der Waals surface area contributed by atoms with Crippen LogP contribution in [0.1, 0.15) is 21.5 Å². The van der Waals surface area contributed by atoms with Gasteiger partial charge in [0, 0.05) is 22.7 Å². The molecule has 0 aliphatic carbocycles. The number of nitrogens with zero attached hydrogens (tertiary/aromatic N) is 1. The fourth-order valence-electron chi connectivity index (χ4n) is 2.82. The number of hydrogen-bond acceptors (Lipinski definition) is 3. The molecule has 0 fully saturated rings. The first-order valence-corrected chi connectivity index (χ1v) is 7.24. The quantitative estimate of drug-likeness (QED) is 0.555. The fraction of sp³-hybridized carbons (Fsp3) is 0. The summed E-state index contributed by atoms with van der Waals surface area (Å²) < 4.78 is 0. The van der Waals surface area contributed by atoms with Gasteiger partial charge in [0.25, 0.3) is 11.8 Å². The molecule has 3 aromatic rings. The SMILES string of the molecule is O=C1NC(=O)c2ccccc2/C1=C\c1ccnc2ccccc12. The summed E-state index contributed by atoms with van der Waals surface area (Å²) in [5.74, 6) is -0.739. The third-order valence-electron chi connectivity index (χ3n) is 3.92. The number of pyridine rings is 1. The molecule has 2 heterocycles. The predicted octanol–water partition coefficient (Wildman–Crippen LogP) is 3.05. The lowest BCUT2D eigenvalue weighted by Crippen LogP contribution is -2.36. The Labute approximate surface area is 132 Å². The molecule has 0 saturated heterocycles. The molecule has 0 atom stereocenters. The van der Waals surface area contributed by atoms with Gasteiger partial charge in [-0.2, -0.15) is 0 Å². The van der Waals surface area contributed by atoms with Gasteiger partial charge in [-0.05, 0) is 35.4 Å². The zero-order valence-corrected chi connectivity index (χ0v) is 12.1. The Morgan fingerprint density at radius 3 is 2.43 bits per heavy atom. The van der Waals surface area contributed by atoms with E-state index in [4.69, 9.17) is 0 Å². The summed E-state index contributed by atoms with van der Waals surface area (Å²) in [5, 5.41) is 3.35. The molecule has 1 aromatic heterocycles. The Morgan fingerprint density at radius 1 is 0.826 bits per heavy atom. The number of imide groups is 1. The lowest BCUT2D eigenvalue weighted by atomic mass is 9.93. The smallest absolute Gasteiger partial charge is 0.258 e. The van der Waals surface area contributed by atoms with Crippen LogP contribution < -0.4 is 5.32 Å². The molecular formula is C19H12N2O2. The van der Waals surface area contributed by atoms with E-state index in [1.165, 1.54) is 0 Å². The van der Waals surface area contributed by atoms with Crippen molar-refractivity contribution in [1.82, 2.24) is 10.3 Å². The van der Waals surface area contributed by atoms with Crippen LogP contribution >= 0.6 is 0 Å². The molecule has 1 N–H and O–H groups in total. The molecule has 0 unspecified atom stereocenters. The van der Waals surface area contributed by atoms with Crippen molar-refractivity contribution < 1.29 is 9.59 Å². The molecule has 4 nitrogen and oxygen atoms in total. The Hall–Kier alpha value is -3.27. The fourth-order valence-corrected chi connectivity index (χ4v) is 2.82. The highest BCUT2D eigenvalue weighted by Gasteiger charge is 2.26. The lowest BCUT2D eigenvalue weighted by Gasteiger charge is -2.18. The highest BCUT2D eigenvalue weighted by atomic mass is 16.2. The number of carbonyl (C=O) groups is 2. The first-order valence-electron chi connectivity index (χ1n) is 7.24. The molecule has 0 radical (unpaired) electrons. The minimum atomic E-state index is -0.380. The molecule has 1 aliphatic rings. The standard InChI is InChI=1S/C19H12N2O2/c22-18-15-7-2-1-6-14(15)16(19(23)21-18)11-12-9-10-20-17-8-4-3-5-13(12)17/h1-11H,(H,21,22,23)/b16-11+. The van der Waals surface area contributed by atoms with Crippen LogP contribution in [0.15, 0.2) is 60.8 Å². The van der Waals surface area contributed by atoms with Gasteiger partial charge >= 0.3 is 0 Å². The number of carbonyl (C=O) groups excluding carboxylic acids is 2. The van der Waals surface area contributed by atoms with Crippen molar-refractivity contribution in [2.24, 2.45) is 0 Å². The predicted molar refractivity (Wildman–Crippen MR) is 88.5 cm³/mol. The van der Waals surface area contributed by atoms with E-state index in [0.717, 1.165) is 16.5 Å². The van der Waals surface area contributed by atoms with Crippen molar-refractivity contribution in [3.8, 4) is 0 Å². The third kappa shape index (κ3) is 2.21. The van der Waals surface area contributed by atoms with Crippen LogP contribution in [0.2, 0.25) is 0 Å². The summed E-state index contributed by atoms with van der Waals surface area (Å²) >= 11 is 0. The molecule has 23 heavy (non-hydrogen) atoms. The van der Waals surface area contributed by atoms with E-state index in [2.05, 4.69) is 10.3 Å². The summed E-state index contributed by atoms with van der Waals surface area (Å²) in [6.07, 6.45) is 3.52. The summed E-state index contributed by atoms with van der Waals surface area (Å²) in [5.41, 5.74) is 3.41. The van der Waals surface area contributed by atoms with E-state index < -0.39 is 0 Å². The van der Waals surface area contributed by atoms with E-state index in [1.807, 2.05) is 42.5 Å². The minimum Gasteiger partial charge on any atom is -0.288 e. The van der Waals surface area contributed by atoms with Gasteiger partial charge in [0.15, 0.2) is 0 Å². The van der Waals surface area contributed by atoms with Crippen LogP contribution in [-0.2, 0) is 4.79 Å². The lowest BCUT2D eigenvalue weighted by molar-refractivity contribution is -0.114. The van der Waals surface area contributed by atoms with Gasteiger partial charge in [-0.15, -0.1) is 0 Å². The molecule has 0 bridgehead atoms. The maximum atomic E-state index is 12.3. The monoisotopic (exact) mass is 300 g/mol. The van der Waals surface area contributed by atoms with E-state index >= 15 is 0 Å². The van der Waals surface area contributed by atoms with Gasteiger partial charge in [0.1, 0.15) is 0 Å². The summed E-state index contributed by atoms with van der Waals surface area (Å²) in [4.78, 5) is 28.6. The second-order valence-corrected chi connectivity index (χ2v) is 5.30. The highest BCUT2D eigenvalue weighted by Crippen LogP contribution is 2.28. The van der Waals surface area contributed by atoms with Gasteiger partial charge < -0.3 is 0 Å². The maximum Gasteiger partial charge on any atom is 0.258 e. The van der Waals surface area contributed by atoms with Gasteiger partial charge in [0.2, 0.25) is 0 Å². The Bertz CT molecular complexity index is 984. The molecule has 110 valence electrons. The van der Waals surface area contributed by atoms with Crippen molar-refractivity contribution in [3.05, 3.63) is 77.5 Å².